The van der Waals surface area contributed by atoms with Crippen LogP contribution in [0.3, 0.4) is 0 Å². The second-order valence-corrected chi connectivity index (χ2v) is 10.0. The lowest BCUT2D eigenvalue weighted by molar-refractivity contribution is -0.142. The third-order valence-corrected chi connectivity index (χ3v) is 7.42. The molecule has 4 unspecified atom stereocenters. The molecule has 4 aromatic rings. The lowest BCUT2D eigenvalue weighted by Crippen LogP contribution is -2.45. The number of carboxylic acid groups (broad SMARTS) is 1. The first-order valence-corrected chi connectivity index (χ1v) is 13.0. The number of likely N-dealkylation sites (tertiary alicyclic amines) is 1. The quantitative estimate of drug-likeness (QED) is 0.274. The molecule has 2 N–H and O–H groups in total. The number of para-hydroxylation sites is 1. The fraction of sp³-hybridized carbons (Fsp3) is 0.152. The molecular weight excluding hydrogens is 521 g/mol. The van der Waals surface area contributed by atoms with Crippen molar-refractivity contribution in [3.8, 4) is 6.07 Å². The van der Waals surface area contributed by atoms with Crippen LogP contribution < -0.4 is 5.32 Å². The summed E-state index contributed by atoms with van der Waals surface area (Å²) in [6, 6.07) is 26.2. The van der Waals surface area contributed by atoms with E-state index in [0.29, 0.717) is 27.9 Å². The summed E-state index contributed by atoms with van der Waals surface area (Å²) in [5.41, 5.74) is 2.95. The molecule has 1 fully saturated rings. The number of amides is 2. The first-order chi connectivity index (χ1) is 19.8. The van der Waals surface area contributed by atoms with Crippen LogP contribution in [-0.2, 0) is 4.79 Å². The molecule has 7 nitrogen and oxygen atoms in total. The van der Waals surface area contributed by atoms with Gasteiger partial charge in [0.15, 0.2) is 5.78 Å². The van der Waals surface area contributed by atoms with Crippen molar-refractivity contribution in [3.05, 3.63) is 137 Å². The Kier molecular flexibility index (Phi) is 7.61. The van der Waals surface area contributed by atoms with Crippen molar-refractivity contribution < 1.29 is 23.9 Å². The van der Waals surface area contributed by atoms with Gasteiger partial charge in [0.2, 0.25) is 0 Å². The van der Waals surface area contributed by atoms with E-state index in [1.165, 1.54) is 29.2 Å². The number of Topliss-reactive ketones (excluding diaryl/α,β-unsaturated/α-hetero) is 1. The van der Waals surface area contributed by atoms with Crippen LogP contribution in [0.1, 0.15) is 44.6 Å². The molecule has 1 aliphatic rings. The molecule has 4 aromatic carbocycles. The van der Waals surface area contributed by atoms with Gasteiger partial charge in [0, 0.05) is 17.2 Å². The van der Waals surface area contributed by atoms with Gasteiger partial charge in [0.05, 0.1) is 23.6 Å². The summed E-state index contributed by atoms with van der Waals surface area (Å²) >= 11 is 0. The second-order valence-electron chi connectivity index (χ2n) is 10.0. The fourth-order valence-electron chi connectivity index (χ4n) is 5.64. The zero-order valence-electron chi connectivity index (χ0n) is 22.1. The number of nitriles is 1. The Morgan fingerprint density at radius 2 is 1.54 bits per heavy atom. The summed E-state index contributed by atoms with van der Waals surface area (Å²) in [5, 5.41) is 22.7. The number of aryl methyl sites for hydroxylation is 1. The van der Waals surface area contributed by atoms with Crippen LogP contribution in [0.25, 0.3) is 0 Å². The third kappa shape index (κ3) is 5.43. The molecule has 5 rings (SSSR count). The highest BCUT2D eigenvalue weighted by Gasteiger charge is 2.57. The second kappa shape index (κ2) is 11.4. The van der Waals surface area contributed by atoms with Gasteiger partial charge in [0.25, 0.3) is 0 Å². The van der Waals surface area contributed by atoms with Crippen molar-refractivity contribution in [2.45, 2.75) is 24.9 Å². The number of carboxylic acids is 1. The number of carbonyl (C=O) groups excluding carboxylic acids is 2. The molecule has 204 valence electrons. The number of ketones is 1. The Bertz CT molecular complexity index is 1630. The summed E-state index contributed by atoms with van der Waals surface area (Å²) < 4.78 is 14.0. The summed E-state index contributed by atoms with van der Waals surface area (Å²) in [6.07, 6.45) is 0. The SMILES string of the molecule is Cc1cccc(C(=O)C2C(c3ccc(F)cc3)C(C(=O)O)N(C(=O)Nc3ccccc3)C2c2ccc(C#N)cc2)c1. The number of rotatable bonds is 6. The van der Waals surface area contributed by atoms with Crippen molar-refractivity contribution >= 4 is 23.5 Å². The monoisotopic (exact) mass is 547 g/mol. The number of anilines is 1. The van der Waals surface area contributed by atoms with Gasteiger partial charge in [-0.3, -0.25) is 4.79 Å². The number of nitrogens with zero attached hydrogens (tertiary/aromatic N) is 2. The largest absolute Gasteiger partial charge is 0.480 e. The van der Waals surface area contributed by atoms with Crippen LogP contribution in [-0.4, -0.2) is 33.8 Å². The summed E-state index contributed by atoms with van der Waals surface area (Å²) in [6.45, 7) is 1.85. The van der Waals surface area contributed by atoms with Crippen LogP contribution in [0.5, 0.6) is 0 Å². The highest BCUT2D eigenvalue weighted by atomic mass is 19.1. The molecule has 1 saturated heterocycles. The number of nitrogens with one attached hydrogen (secondary N) is 1. The van der Waals surface area contributed by atoms with E-state index in [1.807, 2.05) is 13.0 Å². The number of carbonyl (C=O) groups is 3. The number of urea groups is 1. The summed E-state index contributed by atoms with van der Waals surface area (Å²) in [4.78, 5) is 42.5. The first kappa shape index (κ1) is 27.3. The highest BCUT2D eigenvalue weighted by molar-refractivity contribution is 6.02. The number of aliphatic carboxylic acids is 1. The predicted octanol–water partition coefficient (Wildman–Crippen LogP) is 6.33. The van der Waals surface area contributed by atoms with Crippen LogP contribution in [0, 0.1) is 30.0 Å². The van der Waals surface area contributed by atoms with E-state index in [0.717, 1.165) is 5.56 Å². The van der Waals surface area contributed by atoms with Gasteiger partial charge >= 0.3 is 12.0 Å². The lowest BCUT2D eigenvalue weighted by Gasteiger charge is -2.30. The molecule has 0 aromatic heterocycles. The topological polar surface area (TPSA) is 110 Å². The highest BCUT2D eigenvalue weighted by Crippen LogP contribution is 2.51. The van der Waals surface area contributed by atoms with E-state index < -0.39 is 41.7 Å². The molecule has 41 heavy (non-hydrogen) atoms. The maximum Gasteiger partial charge on any atom is 0.327 e. The van der Waals surface area contributed by atoms with Crippen molar-refractivity contribution in [3.63, 3.8) is 0 Å². The van der Waals surface area contributed by atoms with E-state index in [-0.39, 0.29) is 5.78 Å². The van der Waals surface area contributed by atoms with Gasteiger partial charge < -0.3 is 15.3 Å². The summed E-state index contributed by atoms with van der Waals surface area (Å²) in [7, 11) is 0. The number of halogens is 1. The Labute approximate surface area is 236 Å². The minimum absolute atomic E-state index is 0.348. The van der Waals surface area contributed by atoms with Crippen LogP contribution in [0.2, 0.25) is 0 Å². The zero-order chi connectivity index (χ0) is 29.1. The van der Waals surface area contributed by atoms with Gasteiger partial charge in [-0.25, -0.2) is 14.0 Å². The average molecular weight is 548 g/mol. The van der Waals surface area contributed by atoms with E-state index in [2.05, 4.69) is 11.4 Å². The van der Waals surface area contributed by atoms with Crippen molar-refractivity contribution in [2.75, 3.05) is 5.32 Å². The smallest absolute Gasteiger partial charge is 0.327 e. The molecule has 0 bridgehead atoms. The minimum Gasteiger partial charge on any atom is -0.480 e. The van der Waals surface area contributed by atoms with Gasteiger partial charge in [0.1, 0.15) is 11.9 Å². The van der Waals surface area contributed by atoms with Crippen LogP contribution >= 0.6 is 0 Å². The van der Waals surface area contributed by atoms with Crippen molar-refractivity contribution in [1.29, 1.82) is 5.26 Å². The maximum absolute atomic E-state index is 14.4. The van der Waals surface area contributed by atoms with Gasteiger partial charge in [-0.1, -0.05) is 66.2 Å². The predicted molar refractivity (Wildman–Crippen MR) is 151 cm³/mol. The molecular formula is C33H26FN3O4. The van der Waals surface area contributed by atoms with E-state index in [9.17, 15) is 29.1 Å². The fourth-order valence-corrected chi connectivity index (χ4v) is 5.64. The lowest BCUT2D eigenvalue weighted by atomic mass is 9.76. The number of hydrogen-bond donors (Lipinski definition) is 2. The molecule has 1 heterocycles. The number of hydrogen-bond acceptors (Lipinski definition) is 4. The zero-order valence-corrected chi connectivity index (χ0v) is 22.1. The third-order valence-electron chi connectivity index (χ3n) is 7.42. The van der Waals surface area contributed by atoms with Gasteiger partial charge in [-0.15, -0.1) is 0 Å². The maximum atomic E-state index is 14.4. The molecule has 0 spiro atoms. The van der Waals surface area contributed by atoms with E-state index in [1.54, 1.807) is 72.8 Å². The Morgan fingerprint density at radius 3 is 2.15 bits per heavy atom. The van der Waals surface area contributed by atoms with Crippen molar-refractivity contribution in [2.24, 2.45) is 5.92 Å². The molecule has 8 heteroatoms. The standard InChI is InChI=1S/C33H26FN3O4/c1-20-6-5-7-24(18-20)31(38)28-27(22-14-16-25(34)17-15-22)30(32(39)40)37(33(41)36-26-8-3-2-4-9-26)29(28)23-12-10-21(19-35)11-13-23/h2-18,27-30H,1H3,(H,36,41)(H,39,40). The number of benzene rings is 4. The average Bonchev–Trinajstić information content (AvgIpc) is 3.34. The van der Waals surface area contributed by atoms with E-state index >= 15 is 0 Å². The summed E-state index contributed by atoms with van der Waals surface area (Å²) in [5.74, 6) is -4.22. The molecule has 0 saturated carbocycles. The van der Waals surface area contributed by atoms with Gasteiger partial charge in [-0.05, 0) is 60.5 Å². The molecule has 4 atom stereocenters. The van der Waals surface area contributed by atoms with Crippen LogP contribution in [0.4, 0.5) is 14.9 Å². The molecule has 2 amide bonds. The van der Waals surface area contributed by atoms with Gasteiger partial charge in [-0.2, -0.15) is 5.26 Å². The molecule has 1 aliphatic heterocycles. The minimum atomic E-state index is -1.47. The normalized spacial score (nSPS) is 19.8. The van der Waals surface area contributed by atoms with Crippen molar-refractivity contribution in [1.82, 2.24) is 4.90 Å². The Morgan fingerprint density at radius 1 is 0.878 bits per heavy atom. The first-order valence-electron chi connectivity index (χ1n) is 13.0. The Hall–Kier alpha value is -5.29. The van der Waals surface area contributed by atoms with E-state index in [4.69, 9.17) is 0 Å². The molecule has 0 radical (unpaired) electrons. The molecule has 0 aliphatic carbocycles. The van der Waals surface area contributed by atoms with Crippen LogP contribution in [0.15, 0.2) is 103 Å². The Balaban J connectivity index is 1.74.